The maximum Gasteiger partial charge on any atom is 0.272 e. The fourth-order valence-corrected chi connectivity index (χ4v) is 2.49. The van der Waals surface area contributed by atoms with Crippen LogP contribution in [0.2, 0.25) is 0 Å². The summed E-state index contributed by atoms with van der Waals surface area (Å²) in [6.07, 6.45) is 1.73. The first kappa shape index (κ1) is 13.6. The van der Waals surface area contributed by atoms with E-state index in [1.165, 1.54) is 0 Å². The summed E-state index contributed by atoms with van der Waals surface area (Å²) in [5.74, 6) is -0.163. The molecule has 0 fully saturated rings. The van der Waals surface area contributed by atoms with Gasteiger partial charge >= 0.3 is 0 Å². The van der Waals surface area contributed by atoms with Gasteiger partial charge in [-0.05, 0) is 33.6 Å². The van der Waals surface area contributed by atoms with Crippen LogP contribution in [0.4, 0.5) is 5.69 Å². The summed E-state index contributed by atoms with van der Waals surface area (Å²) in [7, 11) is 0. The quantitative estimate of drug-likeness (QED) is 0.713. The monoisotopic (exact) mass is 340 g/mol. The van der Waals surface area contributed by atoms with Crippen molar-refractivity contribution in [3.8, 4) is 11.1 Å². The predicted molar refractivity (Wildman–Crippen MR) is 88.3 cm³/mol. The lowest BCUT2D eigenvalue weighted by molar-refractivity contribution is 0.102. The summed E-state index contributed by atoms with van der Waals surface area (Å²) in [5, 5.41) is 2.95. The Kier molecular flexibility index (Phi) is 3.88. The number of hydrogen-bond donors (Lipinski definition) is 2. The Balaban J connectivity index is 1.91. The lowest BCUT2D eigenvalue weighted by atomic mass is 10.0. The fraction of sp³-hybridized carbons (Fsp3) is 0. The number of carbonyl (C=O) groups excluding carboxylic acids is 1. The highest BCUT2D eigenvalue weighted by Gasteiger charge is 2.11. The summed E-state index contributed by atoms with van der Waals surface area (Å²) in [4.78, 5) is 15.2. The van der Waals surface area contributed by atoms with Crippen molar-refractivity contribution in [1.82, 2.24) is 4.98 Å². The molecule has 1 heterocycles. The van der Waals surface area contributed by atoms with Gasteiger partial charge in [-0.3, -0.25) is 4.79 Å². The van der Waals surface area contributed by atoms with Gasteiger partial charge in [0, 0.05) is 21.9 Å². The van der Waals surface area contributed by atoms with Crippen LogP contribution in [0, 0.1) is 0 Å². The molecule has 3 aromatic rings. The molecule has 104 valence electrons. The molecule has 1 aromatic heterocycles. The second kappa shape index (κ2) is 5.97. The molecule has 3 rings (SSSR count). The van der Waals surface area contributed by atoms with Crippen molar-refractivity contribution in [3.05, 3.63) is 77.0 Å². The Labute approximate surface area is 131 Å². The first-order valence-corrected chi connectivity index (χ1v) is 7.33. The molecular formula is C17H13BrN2O. The third-order valence-corrected chi connectivity index (χ3v) is 3.61. The zero-order valence-corrected chi connectivity index (χ0v) is 12.7. The Morgan fingerprint density at radius 1 is 1.00 bits per heavy atom. The standard InChI is InChI=1S/C17H13BrN2O/c18-13-10-16(19-11-13)17(21)20-15-9-5-4-8-14(15)12-6-2-1-3-7-12/h1-11,19H,(H,20,21). The molecule has 0 spiro atoms. The number of aromatic amines is 1. The van der Waals surface area contributed by atoms with E-state index < -0.39 is 0 Å². The first-order chi connectivity index (χ1) is 10.2. The van der Waals surface area contributed by atoms with Gasteiger partial charge in [-0.1, -0.05) is 48.5 Å². The number of nitrogens with one attached hydrogen (secondary N) is 2. The number of benzene rings is 2. The van der Waals surface area contributed by atoms with E-state index in [9.17, 15) is 4.79 Å². The first-order valence-electron chi connectivity index (χ1n) is 6.54. The smallest absolute Gasteiger partial charge is 0.272 e. The van der Waals surface area contributed by atoms with E-state index >= 15 is 0 Å². The zero-order chi connectivity index (χ0) is 14.7. The highest BCUT2D eigenvalue weighted by molar-refractivity contribution is 9.10. The molecule has 0 radical (unpaired) electrons. The summed E-state index contributed by atoms with van der Waals surface area (Å²) >= 11 is 3.33. The minimum Gasteiger partial charge on any atom is -0.356 e. The fourth-order valence-electron chi connectivity index (χ4n) is 2.15. The third kappa shape index (κ3) is 3.06. The SMILES string of the molecule is O=C(Nc1ccccc1-c1ccccc1)c1cc(Br)c[nH]1. The normalized spacial score (nSPS) is 10.3. The number of rotatable bonds is 3. The van der Waals surface area contributed by atoms with Crippen LogP contribution in [0.3, 0.4) is 0 Å². The molecule has 0 saturated heterocycles. The highest BCUT2D eigenvalue weighted by atomic mass is 79.9. The molecule has 0 aliphatic rings. The highest BCUT2D eigenvalue weighted by Crippen LogP contribution is 2.27. The number of halogens is 1. The molecule has 0 unspecified atom stereocenters. The summed E-state index contributed by atoms with van der Waals surface area (Å²) < 4.78 is 0.851. The van der Waals surface area contributed by atoms with Crippen molar-refractivity contribution in [3.63, 3.8) is 0 Å². The molecule has 2 N–H and O–H groups in total. The molecule has 3 nitrogen and oxygen atoms in total. The van der Waals surface area contributed by atoms with E-state index in [1.54, 1.807) is 12.3 Å². The lowest BCUT2D eigenvalue weighted by Gasteiger charge is -2.10. The van der Waals surface area contributed by atoms with Crippen LogP contribution in [-0.2, 0) is 0 Å². The van der Waals surface area contributed by atoms with Gasteiger partial charge in [0.2, 0.25) is 0 Å². The number of anilines is 1. The number of hydrogen-bond acceptors (Lipinski definition) is 1. The molecule has 0 bridgehead atoms. The number of H-pyrrole nitrogens is 1. The largest absolute Gasteiger partial charge is 0.356 e. The van der Waals surface area contributed by atoms with E-state index in [0.717, 1.165) is 21.3 Å². The Bertz CT molecular complexity index is 765. The predicted octanol–water partition coefficient (Wildman–Crippen LogP) is 4.70. The topological polar surface area (TPSA) is 44.9 Å². The third-order valence-electron chi connectivity index (χ3n) is 3.15. The summed E-state index contributed by atoms with van der Waals surface area (Å²) in [5.41, 5.74) is 3.38. The van der Waals surface area contributed by atoms with Crippen LogP contribution in [0.5, 0.6) is 0 Å². The number of carbonyl (C=O) groups is 1. The van der Waals surface area contributed by atoms with E-state index in [2.05, 4.69) is 26.2 Å². The van der Waals surface area contributed by atoms with Crippen LogP contribution in [-0.4, -0.2) is 10.9 Å². The average molecular weight is 341 g/mol. The van der Waals surface area contributed by atoms with Crippen molar-refractivity contribution < 1.29 is 4.79 Å². The zero-order valence-electron chi connectivity index (χ0n) is 11.1. The molecular weight excluding hydrogens is 328 g/mol. The molecule has 0 aliphatic heterocycles. The average Bonchev–Trinajstić information content (AvgIpc) is 2.95. The van der Waals surface area contributed by atoms with Crippen LogP contribution in [0.25, 0.3) is 11.1 Å². The molecule has 0 saturated carbocycles. The van der Waals surface area contributed by atoms with Crippen molar-refractivity contribution in [2.24, 2.45) is 0 Å². The van der Waals surface area contributed by atoms with Gasteiger partial charge < -0.3 is 10.3 Å². The Morgan fingerprint density at radius 2 is 1.71 bits per heavy atom. The summed E-state index contributed by atoms with van der Waals surface area (Å²) in [6, 6.07) is 19.5. The van der Waals surface area contributed by atoms with Crippen molar-refractivity contribution in [2.75, 3.05) is 5.32 Å². The van der Waals surface area contributed by atoms with E-state index in [1.807, 2.05) is 54.6 Å². The van der Waals surface area contributed by atoms with Gasteiger partial charge in [-0.25, -0.2) is 0 Å². The molecule has 0 aliphatic carbocycles. The maximum atomic E-state index is 12.2. The Hall–Kier alpha value is -2.33. The second-order valence-corrected chi connectivity index (χ2v) is 5.51. The number of aromatic nitrogens is 1. The van der Waals surface area contributed by atoms with Crippen LogP contribution < -0.4 is 5.32 Å². The van der Waals surface area contributed by atoms with Gasteiger partial charge in [-0.15, -0.1) is 0 Å². The molecule has 4 heteroatoms. The lowest BCUT2D eigenvalue weighted by Crippen LogP contribution is -2.12. The van der Waals surface area contributed by atoms with Crippen LogP contribution in [0.1, 0.15) is 10.5 Å². The van der Waals surface area contributed by atoms with Gasteiger partial charge in [0.15, 0.2) is 0 Å². The van der Waals surface area contributed by atoms with Gasteiger partial charge in [0.25, 0.3) is 5.91 Å². The second-order valence-electron chi connectivity index (χ2n) is 4.60. The molecule has 21 heavy (non-hydrogen) atoms. The van der Waals surface area contributed by atoms with Gasteiger partial charge in [0.05, 0.1) is 0 Å². The minimum absolute atomic E-state index is 0.163. The molecule has 1 amide bonds. The van der Waals surface area contributed by atoms with Crippen LogP contribution >= 0.6 is 15.9 Å². The number of para-hydroxylation sites is 1. The number of amides is 1. The van der Waals surface area contributed by atoms with E-state index in [0.29, 0.717) is 5.69 Å². The van der Waals surface area contributed by atoms with Crippen molar-refractivity contribution in [2.45, 2.75) is 0 Å². The Morgan fingerprint density at radius 3 is 2.43 bits per heavy atom. The van der Waals surface area contributed by atoms with Gasteiger partial charge in [0.1, 0.15) is 5.69 Å². The van der Waals surface area contributed by atoms with E-state index in [4.69, 9.17) is 0 Å². The van der Waals surface area contributed by atoms with Crippen LogP contribution in [0.15, 0.2) is 71.3 Å². The maximum absolute atomic E-state index is 12.2. The molecule has 0 atom stereocenters. The van der Waals surface area contributed by atoms with E-state index in [-0.39, 0.29) is 5.91 Å². The molecule has 2 aromatic carbocycles. The van der Waals surface area contributed by atoms with Gasteiger partial charge in [-0.2, -0.15) is 0 Å². The minimum atomic E-state index is -0.163. The summed E-state index contributed by atoms with van der Waals surface area (Å²) in [6.45, 7) is 0. The van der Waals surface area contributed by atoms with Crippen molar-refractivity contribution in [1.29, 1.82) is 0 Å². The van der Waals surface area contributed by atoms with Crippen molar-refractivity contribution >= 4 is 27.5 Å².